The van der Waals surface area contributed by atoms with Crippen LogP contribution in [0.25, 0.3) is 0 Å². The number of carboxylic acid groups (broad SMARTS) is 1. The Bertz CT molecular complexity index is 623. The number of allylic oxidation sites excluding steroid dienone is 2. The van der Waals surface area contributed by atoms with E-state index in [4.69, 9.17) is 4.84 Å². The summed E-state index contributed by atoms with van der Waals surface area (Å²) in [5.41, 5.74) is -0.714. The van der Waals surface area contributed by atoms with E-state index in [0.717, 1.165) is 18.7 Å². The van der Waals surface area contributed by atoms with Crippen molar-refractivity contribution in [2.24, 2.45) is 22.2 Å². The summed E-state index contributed by atoms with van der Waals surface area (Å²) in [5.74, 6) is -1.35. The second kappa shape index (κ2) is 8.25. The van der Waals surface area contributed by atoms with Crippen LogP contribution in [-0.2, 0) is 14.4 Å². The van der Waals surface area contributed by atoms with Gasteiger partial charge in [0.1, 0.15) is 0 Å². The van der Waals surface area contributed by atoms with Crippen molar-refractivity contribution in [3.8, 4) is 0 Å². The zero-order valence-corrected chi connectivity index (χ0v) is 18.6. The van der Waals surface area contributed by atoms with Gasteiger partial charge in [0.25, 0.3) is 0 Å². The number of ketones is 1. The molecule has 1 aliphatic heterocycles. The molecule has 2 rings (SSSR count). The molecule has 2 atom stereocenters. The lowest BCUT2D eigenvalue weighted by atomic mass is 9.50. The quantitative estimate of drug-likeness (QED) is 0.720. The summed E-state index contributed by atoms with van der Waals surface area (Å²) in [6.45, 7) is 17.1. The van der Waals surface area contributed by atoms with Gasteiger partial charge < -0.3 is 10.4 Å². The SMILES string of the molecule is CCC1(CC)C(=O)C(C(C)(C)C)=CC(C)(C)C1C(ON1CCNCC1)C(=O)O. The molecule has 0 amide bonds. The third-order valence-electron chi connectivity index (χ3n) is 6.56. The number of aliphatic carboxylic acids is 1. The van der Waals surface area contributed by atoms with E-state index in [1.165, 1.54) is 0 Å². The van der Waals surface area contributed by atoms with Gasteiger partial charge in [0.15, 0.2) is 11.9 Å². The molecule has 0 bridgehead atoms. The molecule has 0 aromatic rings. The monoisotopic (exact) mass is 394 g/mol. The highest BCUT2D eigenvalue weighted by Crippen LogP contribution is 2.56. The molecule has 6 heteroatoms. The Labute approximate surface area is 169 Å². The molecule has 1 aliphatic carbocycles. The molecule has 0 aromatic carbocycles. The molecule has 1 fully saturated rings. The van der Waals surface area contributed by atoms with Gasteiger partial charge in [0, 0.05) is 37.5 Å². The van der Waals surface area contributed by atoms with Crippen LogP contribution in [-0.4, -0.2) is 54.2 Å². The van der Waals surface area contributed by atoms with Crippen LogP contribution in [0.5, 0.6) is 0 Å². The first-order valence-electron chi connectivity index (χ1n) is 10.5. The Morgan fingerprint density at radius 2 is 1.82 bits per heavy atom. The van der Waals surface area contributed by atoms with Crippen LogP contribution in [0.1, 0.15) is 61.3 Å². The van der Waals surface area contributed by atoms with Crippen molar-refractivity contribution >= 4 is 11.8 Å². The van der Waals surface area contributed by atoms with Crippen LogP contribution in [0.15, 0.2) is 11.6 Å². The van der Waals surface area contributed by atoms with E-state index in [1.807, 2.05) is 33.8 Å². The van der Waals surface area contributed by atoms with E-state index in [9.17, 15) is 14.7 Å². The van der Waals surface area contributed by atoms with Gasteiger partial charge in [0.05, 0.1) is 0 Å². The third kappa shape index (κ3) is 4.19. The highest BCUT2D eigenvalue weighted by atomic mass is 16.7. The first-order valence-corrected chi connectivity index (χ1v) is 10.5. The molecule has 2 N–H and O–H groups in total. The Hall–Kier alpha value is -1.24. The largest absolute Gasteiger partial charge is 0.479 e. The summed E-state index contributed by atoms with van der Waals surface area (Å²) in [6, 6.07) is 0. The molecule has 160 valence electrons. The molecule has 0 radical (unpaired) electrons. The fourth-order valence-electron chi connectivity index (χ4n) is 5.06. The normalized spacial score (nSPS) is 26.6. The average molecular weight is 395 g/mol. The summed E-state index contributed by atoms with van der Waals surface area (Å²) >= 11 is 0. The number of nitrogens with one attached hydrogen (secondary N) is 1. The zero-order valence-electron chi connectivity index (χ0n) is 18.6. The number of hydrogen-bond donors (Lipinski definition) is 2. The molecule has 0 saturated carbocycles. The van der Waals surface area contributed by atoms with E-state index in [2.05, 4.69) is 26.1 Å². The third-order valence-corrected chi connectivity index (χ3v) is 6.56. The van der Waals surface area contributed by atoms with Crippen LogP contribution in [0.3, 0.4) is 0 Å². The van der Waals surface area contributed by atoms with Gasteiger partial charge in [-0.3, -0.25) is 9.63 Å². The molecule has 28 heavy (non-hydrogen) atoms. The number of carbonyl (C=O) groups excluding carboxylic acids is 1. The number of Topliss-reactive ketones (excluding diaryl/α,β-unsaturated/α-hetero) is 1. The Kier molecular flexibility index (Phi) is 6.79. The maximum absolute atomic E-state index is 13.7. The molecule has 2 aliphatic rings. The molecule has 0 spiro atoms. The number of hydrogen-bond acceptors (Lipinski definition) is 5. The summed E-state index contributed by atoms with van der Waals surface area (Å²) < 4.78 is 0. The maximum Gasteiger partial charge on any atom is 0.335 e. The first-order chi connectivity index (χ1) is 12.9. The molecule has 2 unspecified atom stereocenters. The number of hydroxylamine groups is 2. The Balaban J connectivity index is 2.57. The van der Waals surface area contributed by atoms with Gasteiger partial charge in [-0.15, -0.1) is 0 Å². The number of piperazine rings is 1. The van der Waals surface area contributed by atoms with Crippen molar-refractivity contribution in [1.82, 2.24) is 10.4 Å². The van der Waals surface area contributed by atoms with Crippen LogP contribution >= 0.6 is 0 Å². The molecular weight excluding hydrogens is 356 g/mol. The van der Waals surface area contributed by atoms with Crippen molar-refractivity contribution in [3.63, 3.8) is 0 Å². The van der Waals surface area contributed by atoms with Crippen molar-refractivity contribution in [2.75, 3.05) is 26.2 Å². The summed E-state index contributed by atoms with van der Waals surface area (Å²) in [5, 5.41) is 15.1. The Morgan fingerprint density at radius 1 is 1.29 bits per heavy atom. The van der Waals surface area contributed by atoms with Gasteiger partial charge in [0.2, 0.25) is 0 Å². The van der Waals surface area contributed by atoms with Gasteiger partial charge in [-0.2, -0.15) is 5.06 Å². The number of carbonyl (C=O) groups is 2. The predicted molar refractivity (Wildman–Crippen MR) is 110 cm³/mol. The van der Waals surface area contributed by atoms with Gasteiger partial charge in [-0.1, -0.05) is 54.5 Å². The molecule has 0 aromatic heterocycles. The van der Waals surface area contributed by atoms with Crippen LogP contribution in [0.2, 0.25) is 0 Å². The summed E-state index contributed by atoms with van der Waals surface area (Å²) in [6.07, 6.45) is 2.15. The summed E-state index contributed by atoms with van der Waals surface area (Å²) in [7, 11) is 0. The smallest absolute Gasteiger partial charge is 0.335 e. The van der Waals surface area contributed by atoms with E-state index in [0.29, 0.717) is 25.9 Å². The van der Waals surface area contributed by atoms with E-state index in [-0.39, 0.29) is 11.2 Å². The fourth-order valence-corrected chi connectivity index (χ4v) is 5.06. The van der Waals surface area contributed by atoms with Gasteiger partial charge >= 0.3 is 5.97 Å². The Morgan fingerprint density at radius 3 is 2.25 bits per heavy atom. The zero-order chi connectivity index (χ0) is 21.3. The molecular formula is C22H38N2O4. The highest BCUT2D eigenvalue weighted by molar-refractivity contribution is 6.02. The van der Waals surface area contributed by atoms with Gasteiger partial charge in [-0.25, -0.2) is 4.79 Å². The highest BCUT2D eigenvalue weighted by Gasteiger charge is 2.59. The minimum atomic E-state index is -1.06. The lowest BCUT2D eigenvalue weighted by Gasteiger charge is -2.53. The summed E-state index contributed by atoms with van der Waals surface area (Å²) in [4.78, 5) is 32.2. The lowest BCUT2D eigenvalue weighted by Crippen LogP contribution is -2.59. The average Bonchev–Trinajstić information content (AvgIpc) is 2.61. The van der Waals surface area contributed by atoms with Gasteiger partial charge in [-0.05, 0) is 29.2 Å². The van der Waals surface area contributed by atoms with Crippen LogP contribution in [0.4, 0.5) is 0 Å². The number of carboxylic acids is 1. The molecule has 6 nitrogen and oxygen atoms in total. The molecule has 1 saturated heterocycles. The lowest BCUT2D eigenvalue weighted by molar-refractivity contribution is -0.242. The van der Waals surface area contributed by atoms with Crippen molar-refractivity contribution in [2.45, 2.75) is 67.4 Å². The van der Waals surface area contributed by atoms with Crippen molar-refractivity contribution < 1.29 is 19.5 Å². The van der Waals surface area contributed by atoms with E-state index >= 15 is 0 Å². The van der Waals surface area contributed by atoms with E-state index < -0.39 is 28.8 Å². The second-order valence-electron chi connectivity index (χ2n) is 9.84. The maximum atomic E-state index is 13.7. The minimum Gasteiger partial charge on any atom is -0.479 e. The van der Waals surface area contributed by atoms with E-state index in [1.54, 1.807) is 5.06 Å². The van der Waals surface area contributed by atoms with Crippen LogP contribution < -0.4 is 5.32 Å². The standard InChI is InChI=1S/C22H38N2O4/c1-8-22(9-2)17(16(19(26)27)28-24-12-10-23-11-13-24)21(6,7)14-15(18(22)25)20(3,4)5/h14,16-17,23H,8-13H2,1-7H3,(H,26,27). The second-order valence-corrected chi connectivity index (χ2v) is 9.84. The minimum absolute atomic E-state index is 0.0875. The first kappa shape index (κ1) is 23.0. The topological polar surface area (TPSA) is 78.9 Å². The van der Waals surface area contributed by atoms with Crippen LogP contribution in [0, 0.1) is 22.2 Å². The number of rotatable bonds is 6. The van der Waals surface area contributed by atoms with Crippen molar-refractivity contribution in [3.05, 3.63) is 11.6 Å². The molecule has 1 heterocycles. The predicted octanol–water partition coefficient (Wildman–Crippen LogP) is 3.28. The fraction of sp³-hybridized carbons (Fsp3) is 0.818. The number of nitrogens with zero attached hydrogens (tertiary/aromatic N) is 1. The van der Waals surface area contributed by atoms with Crippen molar-refractivity contribution in [1.29, 1.82) is 0 Å².